The van der Waals surface area contributed by atoms with Gasteiger partial charge < -0.3 is 15.2 Å². The summed E-state index contributed by atoms with van der Waals surface area (Å²) in [5, 5.41) is 13.1. The largest absolute Gasteiger partial charge is 0.508 e. The number of fused-ring (bicyclic) bond motifs is 1. The summed E-state index contributed by atoms with van der Waals surface area (Å²) in [4.78, 5) is 16.9. The second kappa shape index (κ2) is 6.58. The van der Waals surface area contributed by atoms with Crippen molar-refractivity contribution in [2.24, 2.45) is 0 Å². The van der Waals surface area contributed by atoms with Crippen molar-refractivity contribution in [1.29, 1.82) is 0 Å². The average molecular weight is 322 g/mol. The van der Waals surface area contributed by atoms with Crippen molar-refractivity contribution in [3.05, 3.63) is 65.9 Å². The predicted octanol–water partition coefficient (Wildman–Crippen LogP) is 3.44. The Morgan fingerprint density at radius 2 is 1.88 bits per heavy atom. The van der Waals surface area contributed by atoms with Crippen LogP contribution in [0.4, 0.5) is 0 Å². The third kappa shape index (κ3) is 3.15. The van der Waals surface area contributed by atoms with E-state index in [0.29, 0.717) is 17.0 Å². The van der Waals surface area contributed by atoms with Crippen molar-refractivity contribution in [2.75, 3.05) is 7.11 Å². The summed E-state index contributed by atoms with van der Waals surface area (Å²) < 4.78 is 5.37. The van der Waals surface area contributed by atoms with Crippen LogP contribution in [0, 0.1) is 0 Å². The Hall–Kier alpha value is -3.08. The molecule has 122 valence electrons. The minimum atomic E-state index is -0.278. The van der Waals surface area contributed by atoms with Gasteiger partial charge in [0, 0.05) is 11.5 Å². The van der Waals surface area contributed by atoms with Gasteiger partial charge in [-0.1, -0.05) is 24.3 Å². The number of hydrogen-bond acceptors (Lipinski definition) is 4. The first-order chi connectivity index (χ1) is 11.6. The van der Waals surface area contributed by atoms with E-state index in [1.807, 2.05) is 31.2 Å². The van der Waals surface area contributed by atoms with E-state index in [4.69, 9.17) is 4.74 Å². The van der Waals surface area contributed by atoms with E-state index >= 15 is 0 Å². The number of nitrogens with zero attached hydrogens (tertiary/aromatic N) is 1. The number of benzene rings is 2. The van der Waals surface area contributed by atoms with Crippen LogP contribution in [0.2, 0.25) is 0 Å². The van der Waals surface area contributed by atoms with Gasteiger partial charge in [-0.15, -0.1) is 0 Å². The summed E-state index contributed by atoms with van der Waals surface area (Å²) in [5.74, 6) is 0.529. The number of aromatic nitrogens is 1. The summed E-state index contributed by atoms with van der Waals surface area (Å²) in [6, 6.07) is 15.7. The third-order valence-electron chi connectivity index (χ3n) is 3.87. The fourth-order valence-corrected chi connectivity index (χ4v) is 2.55. The van der Waals surface area contributed by atoms with Gasteiger partial charge in [0.25, 0.3) is 5.91 Å². The van der Waals surface area contributed by atoms with E-state index in [0.717, 1.165) is 10.9 Å². The highest BCUT2D eigenvalue weighted by atomic mass is 16.5. The van der Waals surface area contributed by atoms with Crippen LogP contribution in [-0.4, -0.2) is 23.1 Å². The number of carbonyl (C=O) groups excluding carboxylic acids is 1. The number of phenols is 1. The van der Waals surface area contributed by atoms with Crippen molar-refractivity contribution in [3.8, 4) is 11.5 Å². The lowest BCUT2D eigenvalue weighted by molar-refractivity contribution is 0.0935. The Bertz CT molecular complexity index is 875. The molecule has 0 aliphatic rings. The number of rotatable bonds is 4. The molecule has 2 aromatic carbocycles. The van der Waals surface area contributed by atoms with E-state index in [-0.39, 0.29) is 17.7 Å². The van der Waals surface area contributed by atoms with Gasteiger partial charge in [-0.25, -0.2) is 4.98 Å². The lowest BCUT2D eigenvalue weighted by atomic mass is 10.1. The lowest BCUT2D eigenvalue weighted by Gasteiger charge is -2.15. The SMILES string of the molecule is COc1cc(C(=O)N[C@@H](C)c2ccc(O)cc2)nc2ccccc12. The molecule has 1 aromatic heterocycles. The van der Waals surface area contributed by atoms with Gasteiger partial charge >= 0.3 is 0 Å². The molecule has 0 radical (unpaired) electrons. The minimum Gasteiger partial charge on any atom is -0.508 e. The molecule has 0 fully saturated rings. The Kier molecular flexibility index (Phi) is 4.33. The van der Waals surface area contributed by atoms with Crippen LogP contribution < -0.4 is 10.1 Å². The minimum absolute atomic E-state index is 0.193. The maximum absolute atomic E-state index is 12.5. The van der Waals surface area contributed by atoms with E-state index in [9.17, 15) is 9.90 Å². The molecule has 0 spiro atoms. The van der Waals surface area contributed by atoms with Crippen molar-refractivity contribution in [3.63, 3.8) is 0 Å². The smallest absolute Gasteiger partial charge is 0.270 e. The van der Waals surface area contributed by atoms with Gasteiger partial charge in [0.1, 0.15) is 17.2 Å². The Balaban J connectivity index is 1.87. The Labute approximate surface area is 139 Å². The number of ether oxygens (including phenoxy) is 1. The molecular formula is C19H18N2O3. The topological polar surface area (TPSA) is 71.5 Å². The maximum atomic E-state index is 12.5. The molecular weight excluding hydrogens is 304 g/mol. The summed E-state index contributed by atoms with van der Waals surface area (Å²) in [6.07, 6.45) is 0. The average Bonchev–Trinajstić information content (AvgIpc) is 2.61. The normalized spacial score (nSPS) is 11.9. The lowest BCUT2D eigenvalue weighted by Crippen LogP contribution is -2.27. The molecule has 1 heterocycles. The number of amides is 1. The monoisotopic (exact) mass is 322 g/mol. The maximum Gasteiger partial charge on any atom is 0.270 e. The van der Waals surface area contributed by atoms with E-state index < -0.39 is 0 Å². The van der Waals surface area contributed by atoms with Crippen LogP contribution in [0.25, 0.3) is 10.9 Å². The molecule has 0 unspecified atom stereocenters. The van der Waals surface area contributed by atoms with E-state index in [1.54, 1.807) is 37.4 Å². The van der Waals surface area contributed by atoms with Gasteiger partial charge in [-0.05, 0) is 36.8 Å². The Morgan fingerprint density at radius 3 is 2.58 bits per heavy atom. The second-order valence-corrected chi connectivity index (χ2v) is 5.51. The fraction of sp³-hybridized carbons (Fsp3) is 0.158. The quantitative estimate of drug-likeness (QED) is 0.772. The summed E-state index contributed by atoms with van der Waals surface area (Å²) >= 11 is 0. The van der Waals surface area contributed by atoms with Crippen LogP contribution in [0.3, 0.4) is 0 Å². The number of para-hydroxylation sites is 1. The van der Waals surface area contributed by atoms with Gasteiger partial charge in [-0.3, -0.25) is 4.79 Å². The van der Waals surface area contributed by atoms with Gasteiger partial charge in [0.15, 0.2) is 0 Å². The first kappa shape index (κ1) is 15.8. The number of aromatic hydroxyl groups is 1. The highest BCUT2D eigenvalue weighted by molar-refractivity contribution is 5.97. The molecule has 0 saturated heterocycles. The molecule has 5 heteroatoms. The van der Waals surface area contributed by atoms with Gasteiger partial charge in [0.05, 0.1) is 18.7 Å². The predicted molar refractivity (Wildman–Crippen MR) is 92.3 cm³/mol. The van der Waals surface area contributed by atoms with Gasteiger partial charge in [-0.2, -0.15) is 0 Å². The number of methoxy groups -OCH3 is 1. The Morgan fingerprint density at radius 1 is 1.17 bits per heavy atom. The molecule has 24 heavy (non-hydrogen) atoms. The van der Waals surface area contributed by atoms with Gasteiger partial charge in [0.2, 0.25) is 0 Å². The second-order valence-electron chi connectivity index (χ2n) is 5.51. The van der Waals surface area contributed by atoms with Crippen LogP contribution in [0.15, 0.2) is 54.6 Å². The zero-order valence-electron chi connectivity index (χ0n) is 13.5. The summed E-state index contributed by atoms with van der Waals surface area (Å²) in [5.41, 5.74) is 1.91. The number of pyridine rings is 1. The molecule has 3 aromatic rings. The molecule has 5 nitrogen and oxygen atoms in total. The summed E-state index contributed by atoms with van der Waals surface area (Å²) in [7, 11) is 1.57. The van der Waals surface area contributed by atoms with Crippen LogP contribution in [0.1, 0.15) is 29.0 Å². The molecule has 3 rings (SSSR count). The molecule has 1 atom stereocenters. The standard InChI is InChI=1S/C19H18N2O3/c1-12(13-7-9-14(22)10-8-13)20-19(23)17-11-18(24-2)15-5-3-4-6-16(15)21-17/h3-12,22H,1-2H3,(H,20,23)/t12-/m0/s1. The number of carbonyl (C=O) groups is 1. The highest BCUT2D eigenvalue weighted by Crippen LogP contribution is 2.25. The summed E-state index contributed by atoms with van der Waals surface area (Å²) in [6.45, 7) is 1.88. The van der Waals surface area contributed by atoms with E-state index in [1.165, 1.54) is 0 Å². The molecule has 1 amide bonds. The number of phenolic OH excluding ortho intramolecular Hbond substituents is 1. The molecule has 2 N–H and O–H groups in total. The van der Waals surface area contributed by atoms with Crippen molar-refractivity contribution < 1.29 is 14.6 Å². The van der Waals surface area contributed by atoms with Crippen molar-refractivity contribution >= 4 is 16.8 Å². The third-order valence-corrected chi connectivity index (χ3v) is 3.87. The zero-order chi connectivity index (χ0) is 17.1. The fourth-order valence-electron chi connectivity index (χ4n) is 2.55. The molecule has 0 saturated carbocycles. The number of hydrogen-bond donors (Lipinski definition) is 2. The molecule has 0 aliphatic heterocycles. The van der Waals surface area contributed by atoms with Crippen LogP contribution in [-0.2, 0) is 0 Å². The first-order valence-electron chi connectivity index (χ1n) is 7.62. The highest BCUT2D eigenvalue weighted by Gasteiger charge is 2.15. The van der Waals surface area contributed by atoms with Crippen LogP contribution >= 0.6 is 0 Å². The molecule has 0 bridgehead atoms. The van der Waals surface area contributed by atoms with E-state index in [2.05, 4.69) is 10.3 Å². The van der Waals surface area contributed by atoms with Crippen LogP contribution in [0.5, 0.6) is 11.5 Å². The van der Waals surface area contributed by atoms with Crippen molar-refractivity contribution in [1.82, 2.24) is 10.3 Å². The zero-order valence-corrected chi connectivity index (χ0v) is 13.5. The number of nitrogens with one attached hydrogen (secondary N) is 1. The van der Waals surface area contributed by atoms with Crippen molar-refractivity contribution in [2.45, 2.75) is 13.0 Å². The first-order valence-corrected chi connectivity index (χ1v) is 7.62. The molecule has 0 aliphatic carbocycles.